The normalized spacial score (nSPS) is 10.4. The summed E-state index contributed by atoms with van der Waals surface area (Å²) >= 11 is 0. The zero-order chi connectivity index (χ0) is 8.55. The molecule has 0 fully saturated rings. The Morgan fingerprint density at radius 2 is 2.17 bits per heavy atom. The molecular formula is C8H6FN3. The van der Waals surface area contributed by atoms with Gasteiger partial charge in [0.15, 0.2) is 0 Å². The van der Waals surface area contributed by atoms with Crippen LogP contribution in [0.2, 0.25) is 0 Å². The van der Waals surface area contributed by atoms with Crippen molar-refractivity contribution < 1.29 is 4.39 Å². The Labute approximate surface area is 68.0 Å². The van der Waals surface area contributed by atoms with Crippen molar-refractivity contribution in [1.82, 2.24) is 10.2 Å². The number of rotatable bonds is 0. The third kappa shape index (κ3) is 0.972. The van der Waals surface area contributed by atoms with Gasteiger partial charge in [-0.3, -0.25) is 0 Å². The van der Waals surface area contributed by atoms with E-state index in [-0.39, 0.29) is 5.82 Å². The topological polar surface area (TPSA) is 51.8 Å². The van der Waals surface area contributed by atoms with Gasteiger partial charge >= 0.3 is 0 Å². The van der Waals surface area contributed by atoms with Gasteiger partial charge in [0.2, 0.25) is 0 Å². The van der Waals surface area contributed by atoms with Crippen LogP contribution in [0.1, 0.15) is 0 Å². The fourth-order valence-corrected chi connectivity index (χ4v) is 1.05. The van der Waals surface area contributed by atoms with E-state index in [0.717, 1.165) is 5.39 Å². The number of anilines is 1. The highest BCUT2D eigenvalue weighted by atomic mass is 19.1. The summed E-state index contributed by atoms with van der Waals surface area (Å²) in [4.78, 5) is 0. The molecular weight excluding hydrogens is 157 g/mol. The van der Waals surface area contributed by atoms with Gasteiger partial charge in [-0.05, 0) is 12.1 Å². The molecule has 60 valence electrons. The molecule has 1 aromatic heterocycles. The monoisotopic (exact) mass is 163 g/mol. The van der Waals surface area contributed by atoms with Crippen molar-refractivity contribution in [3.05, 3.63) is 30.2 Å². The molecule has 0 atom stereocenters. The summed E-state index contributed by atoms with van der Waals surface area (Å²) in [5, 5.41) is 8.07. The van der Waals surface area contributed by atoms with Crippen molar-refractivity contribution >= 4 is 16.6 Å². The SMILES string of the molecule is Nc1cnnc2cc(F)ccc12. The molecule has 2 N–H and O–H groups in total. The van der Waals surface area contributed by atoms with Crippen LogP contribution in [0.3, 0.4) is 0 Å². The molecule has 0 aliphatic heterocycles. The van der Waals surface area contributed by atoms with Gasteiger partial charge in [0.05, 0.1) is 17.4 Å². The van der Waals surface area contributed by atoms with E-state index in [4.69, 9.17) is 5.73 Å². The van der Waals surface area contributed by atoms with E-state index in [2.05, 4.69) is 10.2 Å². The van der Waals surface area contributed by atoms with Crippen LogP contribution in [0.25, 0.3) is 10.9 Å². The summed E-state index contributed by atoms with van der Waals surface area (Å²) < 4.78 is 12.7. The summed E-state index contributed by atoms with van der Waals surface area (Å²) in [5.41, 5.74) is 6.58. The number of nitrogens with zero attached hydrogens (tertiary/aromatic N) is 2. The number of halogens is 1. The van der Waals surface area contributed by atoms with Crippen LogP contribution >= 0.6 is 0 Å². The molecule has 2 aromatic rings. The molecule has 0 radical (unpaired) electrons. The number of hydrogen-bond donors (Lipinski definition) is 1. The Balaban J connectivity index is 2.86. The van der Waals surface area contributed by atoms with Gasteiger partial charge in [-0.15, -0.1) is 0 Å². The molecule has 0 spiro atoms. The largest absolute Gasteiger partial charge is 0.397 e. The van der Waals surface area contributed by atoms with Gasteiger partial charge in [-0.1, -0.05) is 0 Å². The zero-order valence-electron chi connectivity index (χ0n) is 6.16. The molecule has 0 amide bonds. The number of fused-ring (bicyclic) bond motifs is 1. The van der Waals surface area contributed by atoms with E-state index < -0.39 is 0 Å². The molecule has 4 heteroatoms. The smallest absolute Gasteiger partial charge is 0.125 e. The van der Waals surface area contributed by atoms with Gasteiger partial charge in [0.1, 0.15) is 5.82 Å². The summed E-state index contributed by atoms with van der Waals surface area (Å²) in [5.74, 6) is -0.331. The Morgan fingerprint density at radius 1 is 1.33 bits per heavy atom. The van der Waals surface area contributed by atoms with E-state index in [9.17, 15) is 4.39 Å². The minimum absolute atomic E-state index is 0.331. The summed E-state index contributed by atoms with van der Waals surface area (Å²) in [7, 11) is 0. The number of benzene rings is 1. The van der Waals surface area contributed by atoms with Crippen molar-refractivity contribution in [3.8, 4) is 0 Å². The molecule has 2 rings (SSSR count). The molecule has 3 nitrogen and oxygen atoms in total. The van der Waals surface area contributed by atoms with E-state index >= 15 is 0 Å². The molecule has 12 heavy (non-hydrogen) atoms. The summed E-state index contributed by atoms with van der Waals surface area (Å²) in [6, 6.07) is 4.24. The zero-order valence-corrected chi connectivity index (χ0v) is 6.16. The second-order valence-electron chi connectivity index (χ2n) is 2.46. The summed E-state index contributed by atoms with van der Waals surface area (Å²) in [6.07, 6.45) is 1.44. The van der Waals surface area contributed by atoms with Crippen molar-refractivity contribution in [1.29, 1.82) is 0 Å². The molecule has 0 saturated carbocycles. The maximum atomic E-state index is 12.7. The van der Waals surface area contributed by atoms with Crippen LogP contribution in [0, 0.1) is 5.82 Å². The van der Waals surface area contributed by atoms with Gasteiger partial charge in [-0.2, -0.15) is 10.2 Å². The van der Waals surface area contributed by atoms with Crippen molar-refractivity contribution in [2.24, 2.45) is 0 Å². The van der Waals surface area contributed by atoms with Crippen LogP contribution in [0.5, 0.6) is 0 Å². The van der Waals surface area contributed by atoms with Crippen LogP contribution in [-0.2, 0) is 0 Å². The van der Waals surface area contributed by atoms with E-state index in [0.29, 0.717) is 11.2 Å². The molecule has 0 bridgehead atoms. The van der Waals surface area contributed by atoms with Crippen molar-refractivity contribution in [2.75, 3.05) is 5.73 Å². The molecule has 0 unspecified atom stereocenters. The lowest BCUT2D eigenvalue weighted by atomic mass is 10.2. The molecule has 0 aliphatic rings. The first-order valence-corrected chi connectivity index (χ1v) is 3.44. The first kappa shape index (κ1) is 6.97. The fraction of sp³-hybridized carbons (Fsp3) is 0. The Bertz CT molecular complexity index is 428. The average molecular weight is 163 g/mol. The minimum atomic E-state index is -0.331. The predicted molar refractivity (Wildman–Crippen MR) is 43.9 cm³/mol. The van der Waals surface area contributed by atoms with Gasteiger partial charge in [0, 0.05) is 11.5 Å². The van der Waals surface area contributed by atoms with Crippen molar-refractivity contribution in [2.45, 2.75) is 0 Å². The minimum Gasteiger partial charge on any atom is -0.397 e. The first-order chi connectivity index (χ1) is 5.77. The second-order valence-corrected chi connectivity index (χ2v) is 2.46. The first-order valence-electron chi connectivity index (χ1n) is 3.44. The standard InChI is InChI=1S/C8H6FN3/c9-5-1-2-6-7(10)4-11-12-8(6)3-5/h1-4H,(H2,10,12). The van der Waals surface area contributed by atoms with Crippen LogP contribution in [-0.4, -0.2) is 10.2 Å². The van der Waals surface area contributed by atoms with Crippen LogP contribution in [0.4, 0.5) is 10.1 Å². The van der Waals surface area contributed by atoms with Crippen molar-refractivity contribution in [3.63, 3.8) is 0 Å². The maximum Gasteiger partial charge on any atom is 0.125 e. The van der Waals surface area contributed by atoms with E-state index in [1.54, 1.807) is 6.07 Å². The Morgan fingerprint density at radius 3 is 3.00 bits per heavy atom. The van der Waals surface area contributed by atoms with Gasteiger partial charge in [0.25, 0.3) is 0 Å². The molecule has 1 heterocycles. The quantitative estimate of drug-likeness (QED) is 0.637. The van der Waals surface area contributed by atoms with Crippen LogP contribution < -0.4 is 5.73 Å². The molecule has 1 aromatic carbocycles. The number of aromatic nitrogens is 2. The molecule has 0 saturated heterocycles. The Hall–Kier alpha value is -1.71. The van der Waals surface area contributed by atoms with Gasteiger partial charge < -0.3 is 5.73 Å². The summed E-state index contributed by atoms with van der Waals surface area (Å²) in [6.45, 7) is 0. The number of hydrogen-bond acceptors (Lipinski definition) is 3. The lowest BCUT2D eigenvalue weighted by Gasteiger charge is -1.98. The number of nitrogens with two attached hydrogens (primary N) is 1. The number of nitrogen functional groups attached to an aromatic ring is 1. The third-order valence-electron chi connectivity index (χ3n) is 1.63. The third-order valence-corrected chi connectivity index (χ3v) is 1.63. The predicted octanol–water partition coefficient (Wildman–Crippen LogP) is 1.35. The lowest BCUT2D eigenvalue weighted by molar-refractivity contribution is 0.629. The Kier molecular flexibility index (Phi) is 1.40. The van der Waals surface area contributed by atoms with Crippen LogP contribution in [0.15, 0.2) is 24.4 Å². The lowest BCUT2D eigenvalue weighted by Crippen LogP contribution is -1.91. The highest BCUT2D eigenvalue weighted by Gasteiger charge is 1.99. The second kappa shape index (κ2) is 2.41. The molecule has 0 aliphatic carbocycles. The average Bonchev–Trinajstić information content (AvgIpc) is 2.04. The van der Waals surface area contributed by atoms with E-state index in [1.165, 1.54) is 18.3 Å². The highest BCUT2D eigenvalue weighted by Crippen LogP contribution is 2.17. The van der Waals surface area contributed by atoms with E-state index in [1.807, 2.05) is 0 Å². The fourth-order valence-electron chi connectivity index (χ4n) is 1.05. The maximum absolute atomic E-state index is 12.7. The highest BCUT2D eigenvalue weighted by molar-refractivity contribution is 5.88. The van der Waals surface area contributed by atoms with Gasteiger partial charge in [-0.25, -0.2) is 4.39 Å².